The van der Waals surface area contributed by atoms with Gasteiger partial charge in [0.05, 0.1) is 16.8 Å². The average molecular weight is 688 g/mol. The maximum Gasteiger partial charge on any atom is 0.137 e. The lowest BCUT2D eigenvalue weighted by Gasteiger charge is -2.29. The van der Waals surface area contributed by atoms with Crippen molar-refractivity contribution < 1.29 is 4.42 Å². The summed E-state index contributed by atoms with van der Waals surface area (Å²) in [5, 5.41) is 12.2. The predicted octanol–water partition coefficient (Wildman–Crippen LogP) is 15.0. The van der Waals surface area contributed by atoms with Crippen LogP contribution in [0.2, 0.25) is 0 Å². The van der Waals surface area contributed by atoms with Crippen molar-refractivity contribution in [2.45, 2.75) is 0 Å². The second-order valence-electron chi connectivity index (χ2n) is 14.0. The van der Waals surface area contributed by atoms with Crippen LogP contribution in [0.5, 0.6) is 0 Å². The molecule has 2 heteroatoms. The van der Waals surface area contributed by atoms with E-state index in [9.17, 15) is 0 Å². The molecular weight excluding hydrogens is 655 g/mol. The molecule has 0 aliphatic rings. The first-order valence-electron chi connectivity index (χ1n) is 18.5. The molecule has 0 unspecified atom stereocenters. The van der Waals surface area contributed by atoms with E-state index >= 15 is 0 Å². The number of fused-ring (bicyclic) bond motifs is 10. The van der Waals surface area contributed by atoms with Gasteiger partial charge in [-0.25, -0.2) is 0 Å². The SMILES string of the molecule is c1cc(-c2ccccc2N(c2ccc3c4ccccc4c4ccccc4c3c2)c2cccc3oc4ccccc4c23)cc(-c2cccc3ccccc23)c1. The van der Waals surface area contributed by atoms with E-state index in [1.165, 1.54) is 54.2 Å². The van der Waals surface area contributed by atoms with E-state index in [4.69, 9.17) is 4.42 Å². The monoisotopic (exact) mass is 687 g/mol. The average Bonchev–Trinajstić information content (AvgIpc) is 3.63. The molecule has 1 aromatic heterocycles. The van der Waals surface area contributed by atoms with Gasteiger partial charge < -0.3 is 9.32 Å². The molecule has 11 rings (SSSR count). The lowest BCUT2D eigenvalue weighted by molar-refractivity contribution is 0.669. The molecule has 10 aromatic carbocycles. The van der Waals surface area contributed by atoms with Gasteiger partial charge in [-0.2, -0.15) is 0 Å². The fraction of sp³-hybridized carbons (Fsp3) is 0. The summed E-state index contributed by atoms with van der Waals surface area (Å²) in [5.41, 5.74) is 9.71. The Kier molecular flexibility index (Phi) is 6.90. The fourth-order valence-corrected chi connectivity index (χ4v) is 8.63. The zero-order chi connectivity index (χ0) is 35.6. The molecule has 0 aliphatic heterocycles. The van der Waals surface area contributed by atoms with Gasteiger partial charge in [-0.05, 0) is 102 Å². The minimum absolute atomic E-state index is 0.867. The van der Waals surface area contributed by atoms with Gasteiger partial charge in [0.25, 0.3) is 0 Å². The molecule has 11 aromatic rings. The van der Waals surface area contributed by atoms with Gasteiger partial charge in [0, 0.05) is 16.6 Å². The van der Waals surface area contributed by atoms with Crippen molar-refractivity contribution in [3.63, 3.8) is 0 Å². The molecule has 0 aliphatic carbocycles. The van der Waals surface area contributed by atoms with Crippen molar-refractivity contribution >= 4 is 82.1 Å². The topological polar surface area (TPSA) is 16.4 Å². The molecule has 252 valence electrons. The highest BCUT2D eigenvalue weighted by Gasteiger charge is 2.23. The molecule has 0 radical (unpaired) electrons. The largest absolute Gasteiger partial charge is 0.456 e. The van der Waals surface area contributed by atoms with E-state index in [1.807, 2.05) is 6.07 Å². The van der Waals surface area contributed by atoms with Gasteiger partial charge >= 0.3 is 0 Å². The fourth-order valence-electron chi connectivity index (χ4n) is 8.63. The highest BCUT2D eigenvalue weighted by Crippen LogP contribution is 2.48. The van der Waals surface area contributed by atoms with Crippen molar-refractivity contribution in [1.29, 1.82) is 0 Å². The quantitative estimate of drug-likeness (QED) is 0.168. The standard InChI is InChI=1S/C52H33NO/c1-2-18-38-34(14-1)15-12-25-39(38)35-16-11-17-36(32-35)40-19-7-9-26-48(40)53(49-27-13-29-51-52(49)46-24-8-10-28-50(46)54-51)37-30-31-45-43-22-4-3-20-41(43)42-21-5-6-23-44(42)47(45)33-37/h1-33H. The molecule has 0 spiro atoms. The molecule has 0 N–H and O–H groups in total. The van der Waals surface area contributed by atoms with Gasteiger partial charge in [-0.15, -0.1) is 0 Å². The van der Waals surface area contributed by atoms with Crippen LogP contribution < -0.4 is 4.90 Å². The molecule has 0 bridgehead atoms. The van der Waals surface area contributed by atoms with Crippen molar-refractivity contribution in [1.82, 2.24) is 0 Å². The Labute approximate surface area is 312 Å². The third-order valence-electron chi connectivity index (χ3n) is 11.0. The van der Waals surface area contributed by atoms with Gasteiger partial charge in [-0.1, -0.05) is 158 Å². The van der Waals surface area contributed by atoms with E-state index < -0.39 is 0 Å². The smallest absolute Gasteiger partial charge is 0.137 e. The van der Waals surface area contributed by atoms with Crippen LogP contribution in [0.4, 0.5) is 17.1 Å². The van der Waals surface area contributed by atoms with Gasteiger partial charge in [0.1, 0.15) is 11.2 Å². The Morgan fingerprint density at radius 2 is 0.833 bits per heavy atom. The number of hydrogen-bond acceptors (Lipinski definition) is 2. The van der Waals surface area contributed by atoms with E-state index in [1.54, 1.807) is 0 Å². The predicted molar refractivity (Wildman–Crippen MR) is 229 cm³/mol. The highest BCUT2D eigenvalue weighted by atomic mass is 16.3. The molecule has 2 nitrogen and oxygen atoms in total. The summed E-state index contributed by atoms with van der Waals surface area (Å²) in [7, 11) is 0. The van der Waals surface area contributed by atoms with Crippen molar-refractivity contribution in [2.75, 3.05) is 4.90 Å². The number of nitrogens with zero attached hydrogens (tertiary/aromatic N) is 1. The Morgan fingerprint density at radius 3 is 1.63 bits per heavy atom. The number of anilines is 3. The van der Waals surface area contributed by atoms with E-state index in [-0.39, 0.29) is 0 Å². The second kappa shape index (κ2) is 12.2. The minimum Gasteiger partial charge on any atom is -0.456 e. The summed E-state index contributed by atoms with van der Waals surface area (Å²) in [5.74, 6) is 0. The molecule has 0 amide bonds. The zero-order valence-corrected chi connectivity index (χ0v) is 29.4. The Balaban J connectivity index is 1.19. The summed E-state index contributed by atoms with van der Waals surface area (Å²) in [4.78, 5) is 2.44. The van der Waals surface area contributed by atoms with Crippen molar-refractivity contribution in [3.05, 3.63) is 200 Å². The van der Waals surface area contributed by atoms with Crippen LogP contribution in [-0.2, 0) is 0 Å². The van der Waals surface area contributed by atoms with E-state index in [0.717, 1.165) is 50.1 Å². The lowest BCUT2D eigenvalue weighted by atomic mass is 9.93. The van der Waals surface area contributed by atoms with Crippen molar-refractivity contribution in [2.24, 2.45) is 0 Å². The Bertz CT molecular complexity index is 3200. The van der Waals surface area contributed by atoms with Crippen LogP contribution in [0.25, 0.3) is 87.3 Å². The maximum absolute atomic E-state index is 6.48. The third-order valence-corrected chi connectivity index (χ3v) is 11.0. The molecule has 54 heavy (non-hydrogen) atoms. The number of furan rings is 1. The molecule has 0 saturated heterocycles. The molecular formula is C52H33NO. The van der Waals surface area contributed by atoms with Crippen LogP contribution in [0.3, 0.4) is 0 Å². The number of rotatable bonds is 5. The second-order valence-corrected chi connectivity index (χ2v) is 14.0. The summed E-state index contributed by atoms with van der Waals surface area (Å²) in [6.45, 7) is 0. The molecule has 1 heterocycles. The number of hydrogen-bond donors (Lipinski definition) is 0. The molecule has 0 saturated carbocycles. The summed E-state index contributed by atoms with van der Waals surface area (Å²) in [6.07, 6.45) is 0. The minimum atomic E-state index is 0.867. The maximum atomic E-state index is 6.48. The van der Waals surface area contributed by atoms with Crippen LogP contribution >= 0.6 is 0 Å². The van der Waals surface area contributed by atoms with Crippen LogP contribution in [0.15, 0.2) is 205 Å². The molecule has 0 fully saturated rings. The first-order valence-corrected chi connectivity index (χ1v) is 18.5. The van der Waals surface area contributed by atoms with Gasteiger partial charge in [0.15, 0.2) is 0 Å². The zero-order valence-electron chi connectivity index (χ0n) is 29.4. The molecule has 0 atom stereocenters. The van der Waals surface area contributed by atoms with E-state index in [2.05, 4.69) is 199 Å². The van der Waals surface area contributed by atoms with Gasteiger partial charge in [0.2, 0.25) is 0 Å². The van der Waals surface area contributed by atoms with Crippen LogP contribution in [0.1, 0.15) is 0 Å². The van der Waals surface area contributed by atoms with Crippen molar-refractivity contribution in [3.8, 4) is 22.3 Å². The first-order chi connectivity index (χ1) is 26.8. The van der Waals surface area contributed by atoms with Crippen LogP contribution in [0, 0.1) is 0 Å². The third kappa shape index (κ3) is 4.74. The van der Waals surface area contributed by atoms with Gasteiger partial charge in [-0.3, -0.25) is 0 Å². The summed E-state index contributed by atoms with van der Waals surface area (Å²) >= 11 is 0. The number of benzene rings is 10. The highest BCUT2D eigenvalue weighted by molar-refractivity contribution is 6.26. The lowest BCUT2D eigenvalue weighted by Crippen LogP contribution is -2.11. The summed E-state index contributed by atoms with van der Waals surface area (Å²) in [6, 6.07) is 72.3. The summed E-state index contributed by atoms with van der Waals surface area (Å²) < 4.78 is 6.48. The van der Waals surface area contributed by atoms with E-state index in [0.29, 0.717) is 0 Å². The Morgan fingerprint density at radius 1 is 0.315 bits per heavy atom. The van der Waals surface area contributed by atoms with Crippen LogP contribution in [-0.4, -0.2) is 0 Å². The number of para-hydroxylation sites is 2. The first kappa shape index (κ1) is 30.5. The normalized spacial score (nSPS) is 11.7. The Hall–Kier alpha value is -7.16.